The lowest BCUT2D eigenvalue weighted by atomic mass is 10.2. The van der Waals surface area contributed by atoms with Crippen LogP contribution in [0.2, 0.25) is 0 Å². The summed E-state index contributed by atoms with van der Waals surface area (Å²) in [4.78, 5) is 14.3. The molecule has 1 rings (SSSR count). The third-order valence-electron chi connectivity index (χ3n) is 2.24. The minimum atomic E-state index is -5.92. The number of hydrogen-bond acceptors (Lipinski definition) is 7. The number of rotatable bonds is 6. The van der Waals surface area contributed by atoms with Gasteiger partial charge in [-0.2, -0.15) is 21.6 Å². The molecular weight excluding hydrogens is 335 g/mol. The largest absolute Gasteiger partial charge is 0.534 e. The Balaban J connectivity index is 3.32. The number of carboxylic acids is 1. The van der Waals surface area contributed by atoms with Gasteiger partial charge in [0.05, 0.1) is 6.20 Å². The quantitative estimate of drug-likeness (QED) is 0.466. The van der Waals surface area contributed by atoms with Gasteiger partial charge < -0.3 is 18.8 Å². The maximum absolute atomic E-state index is 12.3. The van der Waals surface area contributed by atoms with Crippen molar-refractivity contribution in [2.75, 3.05) is 13.9 Å². The van der Waals surface area contributed by atoms with E-state index in [-0.39, 0.29) is 5.56 Å². The second-order valence-electron chi connectivity index (χ2n) is 3.76. The number of carbonyl (C=O) groups is 1. The van der Waals surface area contributed by atoms with Crippen molar-refractivity contribution in [3.8, 4) is 11.5 Å². The van der Waals surface area contributed by atoms with Crippen LogP contribution in [0.1, 0.15) is 16.1 Å². The first-order valence-electron chi connectivity index (χ1n) is 5.36. The third-order valence-corrected chi connectivity index (χ3v) is 3.21. The molecule has 8 nitrogen and oxygen atoms in total. The highest BCUT2D eigenvalue weighted by Gasteiger charge is 2.49. The summed E-state index contributed by atoms with van der Waals surface area (Å²) in [5, 5.41) is 8.92. The van der Waals surface area contributed by atoms with Gasteiger partial charge >= 0.3 is 21.6 Å². The lowest BCUT2D eigenvalue weighted by molar-refractivity contribution is -0.0500. The number of alkyl halides is 3. The molecule has 0 aliphatic heterocycles. The molecule has 0 saturated heterocycles. The van der Waals surface area contributed by atoms with Gasteiger partial charge in [-0.3, -0.25) is 0 Å². The molecule has 1 aromatic rings. The molecule has 12 heteroatoms. The Kier molecular flexibility index (Phi) is 5.19. The summed E-state index contributed by atoms with van der Waals surface area (Å²) in [7, 11) is -4.70. The van der Waals surface area contributed by atoms with Gasteiger partial charge in [0.1, 0.15) is 0 Å². The van der Waals surface area contributed by atoms with Crippen LogP contribution in [-0.4, -0.2) is 43.9 Å². The SMILES string of the molecule is COCOc1c(C(=O)O)ncc(OS(=O)(=O)C(F)(F)F)c1C. The normalized spacial score (nSPS) is 12.0. The second-order valence-corrected chi connectivity index (χ2v) is 5.30. The number of nitrogens with zero attached hydrogens (tertiary/aromatic N) is 1. The molecule has 0 aromatic carbocycles. The minimum Gasteiger partial charge on any atom is -0.476 e. The number of aromatic carboxylic acids is 1. The Hall–Kier alpha value is -2.08. The zero-order valence-electron chi connectivity index (χ0n) is 11.2. The average molecular weight is 345 g/mol. The lowest BCUT2D eigenvalue weighted by Crippen LogP contribution is -2.28. The molecule has 22 heavy (non-hydrogen) atoms. The fourth-order valence-corrected chi connectivity index (χ4v) is 1.76. The molecule has 0 radical (unpaired) electrons. The van der Waals surface area contributed by atoms with Gasteiger partial charge in [-0.25, -0.2) is 9.78 Å². The molecule has 0 aliphatic carbocycles. The van der Waals surface area contributed by atoms with Crippen LogP contribution in [0.3, 0.4) is 0 Å². The summed E-state index contributed by atoms with van der Waals surface area (Å²) in [6.45, 7) is 0.679. The van der Waals surface area contributed by atoms with Crippen molar-refractivity contribution in [1.82, 2.24) is 4.98 Å². The molecule has 0 atom stereocenters. The molecular formula is C10H10F3NO7S. The van der Waals surface area contributed by atoms with Gasteiger partial charge in [-0.1, -0.05) is 0 Å². The van der Waals surface area contributed by atoms with Crippen LogP contribution in [-0.2, 0) is 14.9 Å². The molecule has 1 heterocycles. The van der Waals surface area contributed by atoms with E-state index in [1.807, 2.05) is 0 Å². The topological polar surface area (TPSA) is 112 Å². The Morgan fingerprint density at radius 2 is 2.00 bits per heavy atom. The van der Waals surface area contributed by atoms with Crippen LogP contribution in [0.4, 0.5) is 13.2 Å². The van der Waals surface area contributed by atoms with Crippen molar-refractivity contribution >= 4 is 16.1 Å². The van der Waals surface area contributed by atoms with E-state index in [0.717, 1.165) is 6.92 Å². The molecule has 1 N–H and O–H groups in total. The van der Waals surface area contributed by atoms with E-state index in [1.54, 1.807) is 0 Å². The molecule has 0 spiro atoms. The first-order chi connectivity index (χ1) is 10.0. The fraction of sp³-hybridized carbons (Fsp3) is 0.400. The maximum Gasteiger partial charge on any atom is 0.534 e. The van der Waals surface area contributed by atoms with Crippen molar-refractivity contribution in [2.24, 2.45) is 0 Å². The Morgan fingerprint density at radius 3 is 2.45 bits per heavy atom. The van der Waals surface area contributed by atoms with Crippen molar-refractivity contribution < 1.29 is 45.1 Å². The van der Waals surface area contributed by atoms with Gasteiger partial charge in [0.15, 0.2) is 24.0 Å². The van der Waals surface area contributed by atoms with Crippen LogP contribution < -0.4 is 8.92 Å². The summed E-state index contributed by atoms with van der Waals surface area (Å²) in [6, 6.07) is 0. The molecule has 0 unspecified atom stereocenters. The lowest BCUT2D eigenvalue weighted by Gasteiger charge is -2.15. The fourth-order valence-electron chi connectivity index (χ4n) is 1.26. The van der Waals surface area contributed by atoms with Crippen LogP contribution in [0, 0.1) is 6.92 Å². The number of carboxylic acid groups (broad SMARTS) is 1. The van der Waals surface area contributed by atoms with E-state index in [2.05, 4.69) is 13.9 Å². The number of ether oxygens (including phenoxy) is 2. The number of methoxy groups -OCH3 is 1. The molecule has 1 aromatic heterocycles. The summed E-state index contributed by atoms with van der Waals surface area (Å²) < 4.78 is 72.1. The summed E-state index contributed by atoms with van der Waals surface area (Å²) in [6.07, 6.45) is 0.543. The number of aromatic nitrogens is 1. The molecule has 0 saturated carbocycles. The highest BCUT2D eigenvalue weighted by molar-refractivity contribution is 7.88. The van der Waals surface area contributed by atoms with Gasteiger partial charge in [-0.15, -0.1) is 0 Å². The molecule has 0 fully saturated rings. The third kappa shape index (κ3) is 3.76. The van der Waals surface area contributed by atoms with E-state index in [1.165, 1.54) is 7.11 Å². The monoisotopic (exact) mass is 345 g/mol. The predicted molar refractivity (Wildman–Crippen MR) is 64.0 cm³/mol. The van der Waals surface area contributed by atoms with Gasteiger partial charge in [0.2, 0.25) is 0 Å². The summed E-state index contributed by atoms with van der Waals surface area (Å²) in [5.74, 6) is -2.81. The van der Waals surface area contributed by atoms with Crippen molar-refractivity contribution in [3.63, 3.8) is 0 Å². The van der Waals surface area contributed by atoms with Crippen molar-refractivity contribution in [2.45, 2.75) is 12.4 Å². The molecule has 0 amide bonds. The van der Waals surface area contributed by atoms with Gasteiger partial charge in [0, 0.05) is 12.7 Å². The molecule has 0 aliphatic rings. The Morgan fingerprint density at radius 1 is 1.41 bits per heavy atom. The van der Waals surface area contributed by atoms with Crippen LogP contribution in [0.5, 0.6) is 11.5 Å². The van der Waals surface area contributed by atoms with Gasteiger partial charge in [0.25, 0.3) is 0 Å². The maximum atomic E-state index is 12.3. The Bertz CT molecular complexity index is 672. The number of pyridine rings is 1. The van der Waals surface area contributed by atoms with Gasteiger partial charge in [-0.05, 0) is 6.92 Å². The minimum absolute atomic E-state index is 0.294. The van der Waals surface area contributed by atoms with Crippen molar-refractivity contribution in [1.29, 1.82) is 0 Å². The number of hydrogen-bond donors (Lipinski definition) is 1. The highest BCUT2D eigenvalue weighted by Crippen LogP contribution is 2.33. The van der Waals surface area contributed by atoms with E-state index >= 15 is 0 Å². The Labute approximate surface area is 122 Å². The zero-order valence-corrected chi connectivity index (χ0v) is 12.0. The number of halogens is 3. The smallest absolute Gasteiger partial charge is 0.476 e. The second kappa shape index (κ2) is 6.36. The van der Waals surface area contributed by atoms with E-state index in [0.29, 0.717) is 6.20 Å². The zero-order chi connectivity index (χ0) is 17.1. The van der Waals surface area contributed by atoms with Crippen LogP contribution in [0.25, 0.3) is 0 Å². The summed E-state index contributed by atoms with van der Waals surface area (Å²) in [5.41, 5.74) is -6.57. The molecule has 0 bridgehead atoms. The van der Waals surface area contributed by atoms with E-state index in [9.17, 15) is 26.4 Å². The molecule has 124 valence electrons. The van der Waals surface area contributed by atoms with Crippen molar-refractivity contribution in [3.05, 3.63) is 17.5 Å². The highest BCUT2D eigenvalue weighted by atomic mass is 32.2. The average Bonchev–Trinajstić information content (AvgIpc) is 2.37. The van der Waals surface area contributed by atoms with E-state index in [4.69, 9.17) is 9.84 Å². The first kappa shape index (κ1) is 18.0. The van der Waals surface area contributed by atoms with Crippen LogP contribution in [0.15, 0.2) is 6.20 Å². The first-order valence-corrected chi connectivity index (χ1v) is 6.77. The van der Waals surface area contributed by atoms with Crippen LogP contribution >= 0.6 is 0 Å². The summed E-state index contributed by atoms with van der Waals surface area (Å²) >= 11 is 0. The van der Waals surface area contributed by atoms with E-state index < -0.39 is 45.6 Å². The predicted octanol–water partition coefficient (Wildman–Crippen LogP) is 1.30. The standard InChI is InChI=1S/C10H10F3NO7S/c1-5-6(21-22(17,18)10(11,12)13)3-14-7(9(15)16)8(5)20-4-19-2/h3H,4H2,1-2H3,(H,15,16).